The lowest BCUT2D eigenvalue weighted by Gasteiger charge is -2.19. The minimum absolute atomic E-state index is 0.101. The zero-order valence-electron chi connectivity index (χ0n) is 26.1. The van der Waals surface area contributed by atoms with Gasteiger partial charge in [-0.2, -0.15) is 0 Å². The van der Waals surface area contributed by atoms with Gasteiger partial charge >= 0.3 is 6.09 Å². The van der Waals surface area contributed by atoms with Crippen molar-refractivity contribution in [3.05, 3.63) is 0 Å². The summed E-state index contributed by atoms with van der Waals surface area (Å²) in [7, 11) is 0. The molecule has 0 unspecified atom stereocenters. The van der Waals surface area contributed by atoms with Crippen molar-refractivity contribution in [3.63, 3.8) is 0 Å². The van der Waals surface area contributed by atoms with Crippen LogP contribution in [0, 0.1) is 24.7 Å². The first-order valence-electron chi connectivity index (χ1n) is 14.7. The van der Waals surface area contributed by atoms with E-state index in [1.807, 2.05) is 0 Å². The highest BCUT2D eigenvalue weighted by molar-refractivity contribution is 5.75. The van der Waals surface area contributed by atoms with Gasteiger partial charge in [-0.1, -0.05) is 11.8 Å². The van der Waals surface area contributed by atoms with Crippen LogP contribution < -0.4 is 5.32 Å². The molecule has 0 bridgehead atoms. The largest absolute Gasteiger partial charge is 0.441 e. The molecule has 0 saturated carbocycles. The highest BCUT2D eigenvalue weighted by Gasteiger charge is 2.15. The minimum Gasteiger partial charge on any atom is -0.441 e. The lowest BCUT2D eigenvalue weighted by atomic mass is 10.3. The first kappa shape index (κ1) is 41.7. The van der Waals surface area contributed by atoms with Crippen molar-refractivity contribution in [2.45, 2.75) is 19.4 Å². The molecule has 14 heteroatoms. The molecule has 254 valence electrons. The van der Waals surface area contributed by atoms with Crippen LogP contribution in [0.3, 0.4) is 0 Å². The van der Waals surface area contributed by atoms with Gasteiger partial charge in [0, 0.05) is 13.0 Å². The Labute approximate surface area is 261 Å². The zero-order chi connectivity index (χ0) is 32.2. The lowest BCUT2D eigenvalue weighted by molar-refractivity contribution is -0.118. The number of amides is 1. The van der Waals surface area contributed by atoms with Gasteiger partial charge in [-0.25, -0.2) is 4.79 Å². The van der Waals surface area contributed by atoms with Crippen molar-refractivity contribution in [1.29, 1.82) is 0 Å². The number of nitrogens with one attached hydrogen (secondary N) is 1. The quantitative estimate of drug-likeness (QED) is 0.0775. The van der Waals surface area contributed by atoms with E-state index in [9.17, 15) is 9.59 Å². The fourth-order valence-electron chi connectivity index (χ4n) is 2.88. The lowest BCUT2D eigenvalue weighted by Crippen LogP contribution is -2.36. The van der Waals surface area contributed by atoms with E-state index in [4.69, 9.17) is 65.0 Å². The SMILES string of the molecule is C#CCOCCOCCOCC(COCCOCCOCC#C)OC(=O)NCCOCCOCCOCCOCCC(C)=O. The highest BCUT2D eigenvalue weighted by atomic mass is 16.6. The molecule has 0 aromatic carbocycles. The van der Waals surface area contributed by atoms with Gasteiger partial charge < -0.3 is 57.4 Å². The van der Waals surface area contributed by atoms with Crippen LogP contribution in [0.4, 0.5) is 4.79 Å². The number of Topliss-reactive ketones (excluding diaryl/α,β-unsaturated/α-hetero) is 1. The van der Waals surface area contributed by atoms with Crippen molar-refractivity contribution >= 4 is 11.9 Å². The summed E-state index contributed by atoms with van der Waals surface area (Å²) in [5.74, 6) is 4.86. The van der Waals surface area contributed by atoms with Gasteiger partial charge in [-0.15, -0.1) is 12.8 Å². The van der Waals surface area contributed by atoms with Gasteiger partial charge in [0.2, 0.25) is 0 Å². The Bertz CT molecular complexity index is 709. The summed E-state index contributed by atoms with van der Waals surface area (Å²) in [5.41, 5.74) is 0. The van der Waals surface area contributed by atoms with Crippen LogP contribution in [-0.2, 0) is 56.9 Å². The van der Waals surface area contributed by atoms with Crippen molar-refractivity contribution < 1.29 is 61.7 Å². The number of ether oxygens (including phenoxy) is 11. The highest BCUT2D eigenvalue weighted by Crippen LogP contribution is 1.98. The molecule has 14 nitrogen and oxygen atoms in total. The van der Waals surface area contributed by atoms with Gasteiger partial charge in [-0.3, -0.25) is 4.79 Å². The number of ketones is 1. The van der Waals surface area contributed by atoms with Crippen LogP contribution in [0.5, 0.6) is 0 Å². The molecular weight excluding hydrogens is 582 g/mol. The third kappa shape index (κ3) is 34.2. The number of alkyl carbamates (subject to hydrolysis) is 1. The molecule has 0 aliphatic carbocycles. The average molecular weight is 634 g/mol. The number of terminal acetylenes is 2. The fraction of sp³-hybridized carbons (Fsp3) is 0.800. The number of hydrogen-bond acceptors (Lipinski definition) is 13. The number of carbonyl (C=O) groups excluding carboxylic acids is 2. The van der Waals surface area contributed by atoms with Crippen LogP contribution in [-0.4, -0.2) is 157 Å². The Kier molecular flexibility index (Phi) is 33.3. The van der Waals surface area contributed by atoms with Gasteiger partial charge in [0.05, 0.1) is 119 Å². The monoisotopic (exact) mass is 633 g/mol. The fourth-order valence-corrected chi connectivity index (χ4v) is 2.88. The van der Waals surface area contributed by atoms with Crippen LogP contribution in [0.15, 0.2) is 0 Å². The Morgan fingerprint density at radius 1 is 0.545 bits per heavy atom. The predicted octanol–water partition coefficient (Wildman–Crippen LogP) is 0.493. The van der Waals surface area contributed by atoms with E-state index in [0.29, 0.717) is 106 Å². The third-order valence-corrected chi connectivity index (χ3v) is 4.97. The molecule has 0 radical (unpaired) electrons. The minimum atomic E-state index is -0.642. The van der Waals surface area contributed by atoms with Crippen molar-refractivity contribution in [3.8, 4) is 24.7 Å². The van der Waals surface area contributed by atoms with Crippen LogP contribution >= 0.6 is 0 Å². The summed E-state index contributed by atoms with van der Waals surface area (Å²) >= 11 is 0. The van der Waals surface area contributed by atoms with E-state index in [2.05, 4.69) is 17.2 Å². The van der Waals surface area contributed by atoms with E-state index in [1.54, 1.807) is 0 Å². The van der Waals surface area contributed by atoms with E-state index >= 15 is 0 Å². The molecule has 0 saturated heterocycles. The summed E-state index contributed by atoms with van der Waals surface area (Å²) in [6.07, 6.45) is 9.38. The van der Waals surface area contributed by atoms with E-state index in [-0.39, 0.29) is 45.4 Å². The van der Waals surface area contributed by atoms with Crippen LogP contribution in [0.2, 0.25) is 0 Å². The maximum absolute atomic E-state index is 12.3. The standard InChI is InChI=1S/C30H51NO13/c1-4-8-34-12-16-40-22-24-42-26-29(27-43-25-23-41-17-13-35-9-5-2)44-30(33)31-7-11-37-15-19-39-21-20-38-18-14-36-10-6-28(3)32/h1-2,29H,6-27H2,3H3,(H,31,33). The zero-order valence-corrected chi connectivity index (χ0v) is 26.1. The molecule has 0 aliphatic heterocycles. The third-order valence-electron chi connectivity index (χ3n) is 4.97. The topological polar surface area (TPSA) is 148 Å². The molecule has 0 rings (SSSR count). The van der Waals surface area contributed by atoms with Gasteiger partial charge in [0.1, 0.15) is 19.0 Å². The van der Waals surface area contributed by atoms with Crippen molar-refractivity contribution in [2.75, 3.05) is 139 Å². The normalized spacial score (nSPS) is 10.9. The van der Waals surface area contributed by atoms with Crippen molar-refractivity contribution in [2.24, 2.45) is 0 Å². The first-order chi connectivity index (χ1) is 21.6. The van der Waals surface area contributed by atoms with Gasteiger partial charge in [-0.05, 0) is 6.92 Å². The number of hydrogen-bond donors (Lipinski definition) is 1. The molecule has 0 atom stereocenters. The molecule has 0 heterocycles. The molecule has 44 heavy (non-hydrogen) atoms. The summed E-state index contributed by atoms with van der Waals surface area (Å²) in [6.45, 7) is 8.59. The molecule has 1 N–H and O–H groups in total. The molecule has 1 amide bonds. The molecule has 0 spiro atoms. The van der Waals surface area contributed by atoms with Gasteiger partial charge in [0.25, 0.3) is 0 Å². The molecular formula is C30H51NO13. The molecule has 0 aliphatic rings. The summed E-state index contributed by atoms with van der Waals surface area (Å²) < 4.78 is 59.2. The first-order valence-corrected chi connectivity index (χ1v) is 14.7. The smallest absolute Gasteiger partial charge is 0.407 e. The Morgan fingerprint density at radius 3 is 1.32 bits per heavy atom. The summed E-state index contributed by atoms with van der Waals surface area (Å²) in [4.78, 5) is 23.1. The van der Waals surface area contributed by atoms with Gasteiger partial charge in [0.15, 0.2) is 6.10 Å². The average Bonchev–Trinajstić information content (AvgIpc) is 3.01. The van der Waals surface area contributed by atoms with E-state index < -0.39 is 12.2 Å². The van der Waals surface area contributed by atoms with Crippen LogP contribution in [0.25, 0.3) is 0 Å². The maximum atomic E-state index is 12.3. The second kappa shape index (κ2) is 35.1. The number of rotatable bonds is 34. The Hall–Kier alpha value is -2.34. The number of carbonyl (C=O) groups is 2. The predicted molar refractivity (Wildman–Crippen MR) is 159 cm³/mol. The van der Waals surface area contributed by atoms with E-state index in [1.165, 1.54) is 6.92 Å². The summed E-state index contributed by atoms with van der Waals surface area (Å²) in [5, 5.41) is 2.64. The van der Waals surface area contributed by atoms with Crippen LogP contribution in [0.1, 0.15) is 13.3 Å². The van der Waals surface area contributed by atoms with Crippen molar-refractivity contribution in [1.82, 2.24) is 5.32 Å². The summed E-state index contributed by atoms with van der Waals surface area (Å²) in [6, 6.07) is 0. The molecule has 0 aromatic rings. The van der Waals surface area contributed by atoms with E-state index in [0.717, 1.165) is 0 Å². The maximum Gasteiger partial charge on any atom is 0.407 e. The molecule has 0 fully saturated rings. The Balaban J connectivity index is 3.95. The second-order valence-corrected chi connectivity index (χ2v) is 8.74. The molecule has 0 aromatic heterocycles. The second-order valence-electron chi connectivity index (χ2n) is 8.74. The Morgan fingerprint density at radius 2 is 0.909 bits per heavy atom.